The molecule has 4 heteroatoms. The summed E-state index contributed by atoms with van der Waals surface area (Å²) in [7, 11) is 0. The average molecular weight is 312 g/mol. The Morgan fingerprint density at radius 1 is 1.22 bits per heavy atom. The van der Waals surface area contributed by atoms with Gasteiger partial charge in [-0.25, -0.2) is 0 Å². The van der Waals surface area contributed by atoms with Crippen molar-refractivity contribution in [2.24, 2.45) is 0 Å². The molecule has 2 aromatic rings. The van der Waals surface area contributed by atoms with Crippen molar-refractivity contribution in [3.8, 4) is 11.1 Å². The Balaban J connectivity index is 1.95. The lowest BCUT2D eigenvalue weighted by atomic mass is 10.0. The number of nitrogens with one attached hydrogen (secondary N) is 1. The van der Waals surface area contributed by atoms with Gasteiger partial charge in [0.1, 0.15) is 0 Å². The molecule has 0 atom stereocenters. The van der Waals surface area contributed by atoms with Gasteiger partial charge in [0.25, 0.3) is 5.91 Å². The number of pyridine rings is 1. The molecule has 0 aliphatic carbocycles. The van der Waals surface area contributed by atoms with Gasteiger partial charge < -0.3 is 10.1 Å². The molecule has 0 spiro atoms. The highest BCUT2D eigenvalue weighted by molar-refractivity contribution is 5.95. The second-order valence-electron chi connectivity index (χ2n) is 5.80. The fraction of sp³-hybridized carbons (Fsp3) is 0.368. The molecule has 0 radical (unpaired) electrons. The van der Waals surface area contributed by atoms with Crippen LogP contribution in [0, 0.1) is 6.92 Å². The quantitative estimate of drug-likeness (QED) is 0.795. The third kappa shape index (κ3) is 5.49. The molecule has 1 heterocycles. The summed E-state index contributed by atoms with van der Waals surface area (Å²) in [5.41, 5.74) is 3.72. The Kier molecular flexibility index (Phi) is 6.29. The Morgan fingerprint density at radius 3 is 2.74 bits per heavy atom. The van der Waals surface area contributed by atoms with Crippen LogP contribution in [0.2, 0.25) is 0 Å². The van der Waals surface area contributed by atoms with Gasteiger partial charge in [-0.15, -0.1) is 0 Å². The first-order chi connectivity index (χ1) is 11.1. The molecule has 2 rings (SSSR count). The van der Waals surface area contributed by atoms with E-state index in [9.17, 15) is 4.79 Å². The van der Waals surface area contributed by atoms with Gasteiger partial charge in [0, 0.05) is 30.6 Å². The molecule has 0 saturated carbocycles. The van der Waals surface area contributed by atoms with Gasteiger partial charge in [0.2, 0.25) is 0 Å². The second kappa shape index (κ2) is 8.44. The van der Waals surface area contributed by atoms with Crippen molar-refractivity contribution in [2.45, 2.75) is 33.3 Å². The standard InChI is InChI=1S/C19H24N2O2/c1-14(2)23-11-5-9-21-19(22)18-7-4-6-16(13-18)17-8-10-20-15(3)12-17/h4,6-8,10,12-14H,5,9,11H2,1-3H3,(H,21,22). The zero-order chi connectivity index (χ0) is 16.7. The third-order valence-electron chi connectivity index (χ3n) is 3.41. The summed E-state index contributed by atoms with van der Waals surface area (Å²) in [6.45, 7) is 7.24. The average Bonchev–Trinajstić information content (AvgIpc) is 2.54. The molecule has 122 valence electrons. The van der Waals surface area contributed by atoms with Crippen LogP contribution < -0.4 is 5.32 Å². The lowest BCUT2D eigenvalue weighted by molar-refractivity contribution is 0.0757. The predicted molar refractivity (Wildman–Crippen MR) is 92.4 cm³/mol. The number of hydrogen-bond donors (Lipinski definition) is 1. The molecular weight excluding hydrogens is 288 g/mol. The number of hydrogen-bond acceptors (Lipinski definition) is 3. The van der Waals surface area contributed by atoms with Gasteiger partial charge in [-0.2, -0.15) is 0 Å². The van der Waals surface area contributed by atoms with Crippen molar-refractivity contribution in [3.63, 3.8) is 0 Å². The van der Waals surface area contributed by atoms with E-state index in [-0.39, 0.29) is 12.0 Å². The van der Waals surface area contributed by atoms with E-state index < -0.39 is 0 Å². The van der Waals surface area contributed by atoms with E-state index in [1.165, 1.54) is 0 Å². The maximum Gasteiger partial charge on any atom is 0.251 e. The SMILES string of the molecule is Cc1cc(-c2cccc(C(=O)NCCCOC(C)C)c2)ccn1. The number of rotatable bonds is 7. The lowest BCUT2D eigenvalue weighted by Gasteiger charge is -2.09. The summed E-state index contributed by atoms with van der Waals surface area (Å²) in [5.74, 6) is -0.0535. The predicted octanol–water partition coefficient (Wildman–Crippen LogP) is 3.60. The molecule has 1 N–H and O–H groups in total. The number of aryl methyl sites for hydroxylation is 1. The van der Waals surface area contributed by atoms with Crippen LogP contribution in [0.15, 0.2) is 42.6 Å². The van der Waals surface area contributed by atoms with Crippen molar-refractivity contribution in [1.82, 2.24) is 10.3 Å². The molecule has 0 bridgehead atoms. The number of benzene rings is 1. The van der Waals surface area contributed by atoms with Crippen molar-refractivity contribution in [2.75, 3.05) is 13.2 Å². The van der Waals surface area contributed by atoms with Gasteiger partial charge in [0.15, 0.2) is 0 Å². The van der Waals surface area contributed by atoms with Crippen LogP contribution >= 0.6 is 0 Å². The summed E-state index contributed by atoms with van der Waals surface area (Å²) in [6, 6.07) is 11.6. The maximum atomic E-state index is 12.2. The summed E-state index contributed by atoms with van der Waals surface area (Å²) < 4.78 is 5.46. The van der Waals surface area contributed by atoms with E-state index in [1.54, 1.807) is 6.20 Å². The van der Waals surface area contributed by atoms with Crippen molar-refractivity contribution in [3.05, 3.63) is 53.9 Å². The number of aromatic nitrogens is 1. The number of nitrogens with zero attached hydrogens (tertiary/aromatic N) is 1. The minimum Gasteiger partial charge on any atom is -0.379 e. The first-order valence-electron chi connectivity index (χ1n) is 7.99. The monoisotopic (exact) mass is 312 g/mol. The fourth-order valence-corrected chi connectivity index (χ4v) is 2.26. The van der Waals surface area contributed by atoms with E-state index in [4.69, 9.17) is 4.74 Å². The highest BCUT2D eigenvalue weighted by Gasteiger charge is 2.07. The Morgan fingerprint density at radius 2 is 2.00 bits per heavy atom. The number of carbonyl (C=O) groups is 1. The van der Waals surface area contributed by atoms with E-state index in [2.05, 4.69) is 10.3 Å². The van der Waals surface area contributed by atoms with Gasteiger partial charge in [-0.3, -0.25) is 9.78 Å². The zero-order valence-electron chi connectivity index (χ0n) is 14.0. The van der Waals surface area contributed by atoms with Crippen molar-refractivity contribution >= 4 is 5.91 Å². The largest absolute Gasteiger partial charge is 0.379 e. The number of carbonyl (C=O) groups excluding carboxylic acids is 1. The first kappa shape index (κ1) is 17.2. The fourth-order valence-electron chi connectivity index (χ4n) is 2.26. The molecular formula is C19H24N2O2. The highest BCUT2D eigenvalue weighted by Crippen LogP contribution is 2.20. The molecule has 0 saturated heterocycles. The molecule has 1 aromatic heterocycles. The van der Waals surface area contributed by atoms with Crippen LogP contribution in [0.1, 0.15) is 36.3 Å². The van der Waals surface area contributed by atoms with Crippen molar-refractivity contribution in [1.29, 1.82) is 0 Å². The molecule has 0 unspecified atom stereocenters. The van der Waals surface area contributed by atoms with Crippen LogP contribution in [0.5, 0.6) is 0 Å². The van der Waals surface area contributed by atoms with E-state index in [0.717, 1.165) is 23.2 Å². The normalized spacial score (nSPS) is 10.8. The molecule has 1 aromatic carbocycles. The minimum absolute atomic E-state index is 0.0535. The van der Waals surface area contributed by atoms with Crippen LogP contribution in [0.3, 0.4) is 0 Å². The van der Waals surface area contributed by atoms with Gasteiger partial charge in [-0.05, 0) is 62.6 Å². The Hall–Kier alpha value is -2.20. The molecule has 23 heavy (non-hydrogen) atoms. The highest BCUT2D eigenvalue weighted by atomic mass is 16.5. The summed E-state index contributed by atoms with van der Waals surface area (Å²) >= 11 is 0. The second-order valence-corrected chi connectivity index (χ2v) is 5.80. The van der Waals surface area contributed by atoms with E-state index in [1.807, 2.05) is 57.2 Å². The van der Waals surface area contributed by atoms with Gasteiger partial charge in [-0.1, -0.05) is 12.1 Å². The lowest BCUT2D eigenvalue weighted by Crippen LogP contribution is -2.25. The van der Waals surface area contributed by atoms with E-state index >= 15 is 0 Å². The number of ether oxygens (including phenoxy) is 1. The van der Waals surface area contributed by atoms with Crippen LogP contribution in [0.25, 0.3) is 11.1 Å². The summed E-state index contributed by atoms with van der Waals surface area (Å²) in [5, 5.41) is 2.93. The first-order valence-corrected chi connectivity index (χ1v) is 7.99. The zero-order valence-corrected chi connectivity index (χ0v) is 14.0. The van der Waals surface area contributed by atoms with Gasteiger partial charge >= 0.3 is 0 Å². The molecule has 0 aliphatic rings. The summed E-state index contributed by atoms with van der Waals surface area (Å²) in [6.07, 6.45) is 2.82. The molecule has 1 amide bonds. The molecule has 0 fully saturated rings. The third-order valence-corrected chi connectivity index (χ3v) is 3.41. The maximum absolute atomic E-state index is 12.2. The Bertz CT molecular complexity index is 653. The molecule has 0 aliphatic heterocycles. The number of amides is 1. The molecule has 4 nitrogen and oxygen atoms in total. The van der Waals surface area contributed by atoms with Crippen LogP contribution in [0.4, 0.5) is 0 Å². The smallest absolute Gasteiger partial charge is 0.251 e. The van der Waals surface area contributed by atoms with Crippen LogP contribution in [-0.4, -0.2) is 30.1 Å². The van der Waals surface area contributed by atoms with Crippen LogP contribution in [-0.2, 0) is 4.74 Å². The van der Waals surface area contributed by atoms with Gasteiger partial charge in [0.05, 0.1) is 6.10 Å². The minimum atomic E-state index is -0.0535. The van der Waals surface area contributed by atoms with E-state index in [0.29, 0.717) is 18.7 Å². The van der Waals surface area contributed by atoms with Crippen molar-refractivity contribution < 1.29 is 9.53 Å². The summed E-state index contributed by atoms with van der Waals surface area (Å²) in [4.78, 5) is 16.4. The topological polar surface area (TPSA) is 51.2 Å². The Labute approximate surface area is 137 Å².